The molecule has 1 amide bonds. The van der Waals surface area contributed by atoms with Crippen LogP contribution in [-0.4, -0.2) is 37.6 Å². The molecule has 0 aromatic heterocycles. The largest absolute Gasteiger partial charge is 0.497 e. The Bertz CT molecular complexity index is 436. The first-order chi connectivity index (χ1) is 9.13. The van der Waals surface area contributed by atoms with E-state index in [0.717, 1.165) is 18.4 Å². The molecule has 5 nitrogen and oxygen atoms in total. The smallest absolute Gasteiger partial charge is 0.260 e. The number of likely N-dealkylation sites (N-methyl/N-ethyl adjacent to an activating group) is 1. The summed E-state index contributed by atoms with van der Waals surface area (Å²) >= 11 is 0. The second-order valence-electron chi connectivity index (χ2n) is 4.75. The maximum Gasteiger partial charge on any atom is 0.260 e. The average Bonchev–Trinajstić information content (AvgIpc) is 3.27. The Hall–Kier alpha value is -1.75. The molecule has 1 aliphatic carbocycles. The van der Waals surface area contributed by atoms with Gasteiger partial charge in [-0.05, 0) is 30.5 Å². The van der Waals surface area contributed by atoms with E-state index in [-0.39, 0.29) is 12.5 Å². The van der Waals surface area contributed by atoms with E-state index in [9.17, 15) is 4.79 Å². The normalized spacial score (nSPS) is 14.1. The summed E-state index contributed by atoms with van der Waals surface area (Å²) in [6.07, 6.45) is 2.19. The molecule has 0 unspecified atom stereocenters. The number of methoxy groups -OCH3 is 1. The molecule has 19 heavy (non-hydrogen) atoms. The summed E-state index contributed by atoms with van der Waals surface area (Å²) in [6, 6.07) is 5.84. The van der Waals surface area contributed by atoms with Crippen LogP contribution in [-0.2, 0) is 11.3 Å². The Morgan fingerprint density at radius 2 is 2.05 bits per heavy atom. The number of benzene rings is 1. The quantitative estimate of drug-likeness (QED) is 0.837. The number of carbonyl (C=O) groups excluding carboxylic acids is 1. The fourth-order valence-corrected chi connectivity index (χ4v) is 1.86. The van der Waals surface area contributed by atoms with Gasteiger partial charge in [-0.25, -0.2) is 0 Å². The van der Waals surface area contributed by atoms with Gasteiger partial charge in [-0.2, -0.15) is 0 Å². The molecule has 0 bridgehead atoms. The van der Waals surface area contributed by atoms with E-state index in [1.54, 1.807) is 18.1 Å². The van der Waals surface area contributed by atoms with Crippen molar-refractivity contribution in [2.75, 3.05) is 20.8 Å². The molecule has 0 heterocycles. The SMILES string of the molecule is COc1cc(CN)cc(OCC(=O)N(C)C2CC2)c1. The minimum atomic E-state index is -0.000353. The summed E-state index contributed by atoms with van der Waals surface area (Å²) in [5, 5.41) is 0. The highest BCUT2D eigenvalue weighted by atomic mass is 16.5. The Labute approximate surface area is 113 Å². The monoisotopic (exact) mass is 264 g/mol. The van der Waals surface area contributed by atoms with Crippen molar-refractivity contribution in [1.29, 1.82) is 0 Å². The predicted octanol–water partition coefficient (Wildman–Crippen LogP) is 1.15. The Morgan fingerprint density at radius 1 is 1.37 bits per heavy atom. The molecule has 2 rings (SSSR count). The number of carbonyl (C=O) groups is 1. The second kappa shape index (κ2) is 5.93. The summed E-state index contributed by atoms with van der Waals surface area (Å²) in [4.78, 5) is 13.6. The minimum Gasteiger partial charge on any atom is -0.497 e. The molecule has 0 spiro atoms. The first kappa shape index (κ1) is 13.7. The maximum atomic E-state index is 11.9. The number of nitrogens with zero attached hydrogens (tertiary/aromatic N) is 1. The van der Waals surface area contributed by atoms with Crippen molar-refractivity contribution >= 4 is 5.91 Å². The molecule has 1 fully saturated rings. The molecular formula is C14H20N2O3. The number of hydrogen-bond acceptors (Lipinski definition) is 4. The van der Waals surface area contributed by atoms with Crippen molar-refractivity contribution in [2.24, 2.45) is 5.73 Å². The lowest BCUT2D eigenvalue weighted by molar-refractivity contribution is -0.132. The van der Waals surface area contributed by atoms with Gasteiger partial charge in [0.2, 0.25) is 0 Å². The number of hydrogen-bond donors (Lipinski definition) is 1. The van der Waals surface area contributed by atoms with Crippen molar-refractivity contribution in [3.8, 4) is 11.5 Å². The van der Waals surface area contributed by atoms with Crippen molar-refractivity contribution in [3.05, 3.63) is 23.8 Å². The van der Waals surface area contributed by atoms with Gasteiger partial charge in [-0.1, -0.05) is 0 Å². The summed E-state index contributed by atoms with van der Waals surface area (Å²) in [5.41, 5.74) is 6.52. The Kier molecular flexibility index (Phi) is 4.27. The lowest BCUT2D eigenvalue weighted by atomic mass is 10.2. The Morgan fingerprint density at radius 3 is 2.63 bits per heavy atom. The zero-order chi connectivity index (χ0) is 13.8. The number of rotatable bonds is 6. The number of amides is 1. The van der Waals surface area contributed by atoms with E-state index in [4.69, 9.17) is 15.2 Å². The van der Waals surface area contributed by atoms with Crippen LogP contribution in [0.15, 0.2) is 18.2 Å². The van der Waals surface area contributed by atoms with Crippen LogP contribution >= 0.6 is 0 Å². The first-order valence-electron chi connectivity index (χ1n) is 6.40. The first-order valence-corrected chi connectivity index (χ1v) is 6.40. The van der Waals surface area contributed by atoms with Gasteiger partial charge in [0.1, 0.15) is 11.5 Å². The molecule has 0 radical (unpaired) electrons. The fraction of sp³-hybridized carbons (Fsp3) is 0.500. The molecule has 1 aliphatic rings. The standard InChI is InChI=1S/C14H20N2O3/c1-16(11-3-4-11)14(17)9-19-13-6-10(8-15)5-12(7-13)18-2/h5-7,11H,3-4,8-9,15H2,1-2H3. The van der Waals surface area contributed by atoms with Gasteiger partial charge in [0.05, 0.1) is 7.11 Å². The molecular weight excluding hydrogens is 244 g/mol. The van der Waals surface area contributed by atoms with Crippen LogP contribution in [0.4, 0.5) is 0 Å². The summed E-state index contributed by atoms with van der Waals surface area (Å²) in [7, 11) is 3.41. The van der Waals surface area contributed by atoms with E-state index in [2.05, 4.69) is 0 Å². The molecule has 2 N–H and O–H groups in total. The fourth-order valence-electron chi connectivity index (χ4n) is 1.86. The van der Waals surface area contributed by atoms with Crippen LogP contribution in [0.1, 0.15) is 18.4 Å². The summed E-state index contributed by atoms with van der Waals surface area (Å²) < 4.78 is 10.7. The van der Waals surface area contributed by atoms with Crippen LogP contribution < -0.4 is 15.2 Å². The predicted molar refractivity (Wildman–Crippen MR) is 72.2 cm³/mol. The molecule has 0 atom stereocenters. The van der Waals surface area contributed by atoms with Crippen molar-refractivity contribution in [1.82, 2.24) is 4.90 Å². The number of ether oxygens (including phenoxy) is 2. The average molecular weight is 264 g/mol. The van der Waals surface area contributed by atoms with Gasteiger partial charge in [0.15, 0.2) is 6.61 Å². The molecule has 1 aromatic carbocycles. The van der Waals surface area contributed by atoms with Crippen LogP contribution in [0.2, 0.25) is 0 Å². The van der Waals surface area contributed by atoms with Crippen LogP contribution in [0.5, 0.6) is 11.5 Å². The molecule has 1 saturated carbocycles. The Balaban J connectivity index is 1.96. The molecule has 5 heteroatoms. The lowest BCUT2D eigenvalue weighted by Crippen LogP contribution is -2.33. The third-order valence-electron chi connectivity index (χ3n) is 3.26. The van der Waals surface area contributed by atoms with Gasteiger partial charge in [0.25, 0.3) is 5.91 Å². The lowest BCUT2D eigenvalue weighted by Gasteiger charge is -2.17. The highest BCUT2D eigenvalue weighted by molar-refractivity contribution is 5.78. The van der Waals surface area contributed by atoms with Crippen molar-refractivity contribution in [2.45, 2.75) is 25.4 Å². The topological polar surface area (TPSA) is 64.8 Å². The summed E-state index contributed by atoms with van der Waals surface area (Å²) in [5.74, 6) is 1.29. The van der Waals surface area contributed by atoms with E-state index < -0.39 is 0 Å². The van der Waals surface area contributed by atoms with E-state index in [1.807, 2.05) is 19.2 Å². The molecule has 1 aromatic rings. The van der Waals surface area contributed by atoms with E-state index in [0.29, 0.717) is 24.1 Å². The van der Waals surface area contributed by atoms with Gasteiger partial charge in [-0.15, -0.1) is 0 Å². The molecule has 0 aliphatic heterocycles. The summed E-state index contributed by atoms with van der Waals surface area (Å²) in [6.45, 7) is 0.452. The van der Waals surface area contributed by atoms with Gasteiger partial charge in [0, 0.05) is 25.7 Å². The van der Waals surface area contributed by atoms with E-state index in [1.165, 1.54) is 0 Å². The highest BCUT2D eigenvalue weighted by Gasteiger charge is 2.29. The maximum absolute atomic E-state index is 11.9. The third kappa shape index (κ3) is 3.61. The van der Waals surface area contributed by atoms with Crippen molar-refractivity contribution < 1.29 is 14.3 Å². The zero-order valence-corrected chi connectivity index (χ0v) is 11.4. The van der Waals surface area contributed by atoms with Crippen LogP contribution in [0.3, 0.4) is 0 Å². The van der Waals surface area contributed by atoms with Gasteiger partial charge >= 0.3 is 0 Å². The number of nitrogens with two attached hydrogens (primary N) is 1. The molecule has 0 saturated heterocycles. The highest BCUT2D eigenvalue weighted by Crippen LogP contribution is 2.26. The van der Waals surface area contributed by atoms with Crippen LogP contribution in [0.25, 0.3) is 0 Å². The van der Waals surface area contributed by atoms with Gasteiger partial charge in [-0.3, -0.25) is 4.79 Å². The second-order valence-corrected chi connectivity index (χ2v) is 4.75. The van der Waals surface area contributed by atoms with Crippen molar-refractivity contribution in [3.63, 3.8) is 0 Å². The van der Waals surface area contributed by atoms with Crippen LogP contribution in [0, 0.1) is 0 Å². The molecule has 104 valence electrons. The minimum absolute atomic E-state index is 0.000353. The zero-order valence-electron chi connectivity index (χ0n) is 11.4. The van der Waals surface area contributed by atoms with Gasteiger partial charge < -0.3 is 20.1 Å². The third-order valence-corrected chi connectivity index (χ3v) is 3.26. The van der Waals surface area contributed by atoms with E-state index >= 15 is 0 Å².